The number of aryl methyl sites for hydroxylation is 2. The van der Waals surface area contributed by atoms with Crippen LogP contribution in [0, 0.1) is 0 Å². The molecular weight excluding hydrogens is 398 g/mol. The Morgan fingerprint density at radius 3 is 2.25 bits per heavy atom. The first-order valence-electron chi connectivity index (χ1n) is 11.0. The van der Waals surface area contributed by atoms with E-state index in [-0.39, 0.29) is 11.8 Å². The lowest BCUT2D eigenvalue weighted by Gasteiger charge is -2.10. The third kappa shape index (κ3) is 5.06. The summed E-state index contributed by atoms with van der Waals surface area (Å²) in [6, 6.07) is 27.1. The molecular formula is C27H27N3O2. The number of amides is 2. The normalized spacial score (nSPS) is 10.8. The number of carbonyl (C=O) groups excluding carboxylic acids is 2. The largest absolute Gasteiger partial charge is 0.336 e. The Bertz CT molecular complexity index is 1210. The van der Waals surface area contributed by atoms with Crippen molar-refractivity contribution in [3.8, 4) is 0 Å². The zero-order chi connectivity index (χ0) is 22.3. The lowest BCUT2D eigenvalue weighted by atomic mass is 10.1. The minimum atomic E-state index is -0.144. The van der Waals surface area contributed by atoms with E-state index in [1.54, 1.807) is 0 Å². The molecule has 0 aliphatic carbocycles. The average molecular weight is 426 g/mol. The van der Waals surface area contributed by atoms with Crippen LogP contribution in [0.1, 0.15) is 35.8 Å². The highest BCUT2D eigenvalue weighted by Gasteiger charge is 2.16. The zero-order valence-corrected chi connectivity index (χ0v) is 18.2. The van der Waals surface area contributed by atoms with Gasteiger partial charge in [-0.15, -0.1) is 0 Å². The number of carbonyl (C=O) groups is 2. The van der Waals surface area contributed by atoms with Crippen molar-refractivity contribution < 1.29 is 9.59 Å². The predicted octanol–water partition coefficient (Wildman–Crippen LogP) is 5.87. The third-order valence-corrected chi connectivity index (χ3v) is 5.38. The minimum absolute atomic E-state index is 0.0248. The van der Waals surface area contributed by atoms with Crippen LogP contribution in [-0.4, -0.2) is 16.4 Å². The molecule has 1 aromatic heterocycles. The molecule has 0 bridgehead atoms. The molecule has 162 valence electrons. The second-order valence-electron chi connectivity index (χ2n) is 7.81. The molecule has 0 saturated heterocycles. The van der Waals surface area contributed by atoms with E-state index in [1.165, 1.54) is 0 Å². The van der Waals surface area contributed by atoms with Crippen LogP contribution < -0.4 is 10.6 Å². The van der Waals surface area contributed by atoms with Gasteiger partial charge in [0, 0.05) is 35.2 Å². The second kappa shape index (κ2) is 9.96. The first kappa shape index (κ1) is 21.4. The summed E-state index contributed by atoms with van der Waals surface area (Å²) in [6.45, 7) is 2.83. The fourth-order valence-electron chi connectivity index (χ4n) is 3.84. The van der Waals surface area contributed by atoms with Gasteiger partial charge in [-0.05, 0) is 54.8 Å². The molecule has 0 unspecified atom stereocenters. The Hall–Kier alpha value is -3.86. The minimum Gasteiger partial charge on any atom is -0.336 e. The van der Waals surface area contributed by atoms with Gasteiger partial charge in [0.25, 0.3) is 5.91 Å². The van der Waals surface area contributed by atoms with E-state index in [9.17, 15) is 9.59 Å². The van der Waals surface area contributed by atoms with E-state index in [4.69, 9.17) is 0 Å². The van der Waals surface area contributed by atoms with E-state index in [1.807, 2.05) is 89.5 Å². The van der Waals surface area contributed by atoms with Crippen LogP contribution in [0.25, 0.3) is 10.9 Å². The van der Waals surface area contributed by atoms with Crippen LogP contribution in [0.3, 0.4) is 0 Å². The number of rotatable bonds is 8. The topological polar surface area (TPSA) is 63.1 Å². The lowest BCUT2D eigenvalue weighted by Crippen LogP contribution is -2.17. The molecule has 0 saturated carbocycles. The van der Waals surface area contributed by atoms with E-state index in [0.29, 0.717) is 18.5 Å². The smallest absolute Gasteiger partial charge is 0.272 e. The number of benzene rings is 3. The molecule has 5 nitrogen and oxygen atoms in total. The molecule has 4 aromatic rings. The van der Waals surface area contributed by atoms with Gasteiger partial charge in [-0.3, -0.25) is 9.59 Å². The van der Waals surface area contributed by atoms with Crippen molar-refractivity contribution in [2.75, 3.05) is 10.6 Å². The van der Waals surface area contributed by atoms with Gasteiger partial charge in [0.15, 0.2) is 0 Å². The zero-order valence-electron chi connectivity index (χ0n) is 18.2. The number of hydrogen-bond acceptors (Lipinski definition) is 2. The van der Waals surface area contributed by atoms with Gasteiger partial charge in [0.05, 0.1) is 0 Å². The van der Waals surface area contributed by atoms with Gasteiger partial charge in [-0.1, -0.05) is 55.5 Å². The van der Waals surface area contributed by atoms with Gasteiger partial charge in [-0.25, -0.2) is 0 Å². The Balaban J connectivity index is 1.51. The molecule has 1 heterocycles. The Morgan fingerprint density at radius 2 is 1.53 bits per heavy atom. The molecule has 0 aliphatic rings. The van der Waals surface area contributed by atoms with Crippen molar-refractivity contribution in [2.45, 2.75) is 32.7 Å². The standard InChI is InChI=1S/C27H27N3O2/c1-2-17-30-24-15-14-23(28-26(31)16-13-20-9-5-3-6-10-20)18-21(24)19-25(30)27(32)29-22-11-7-4-8-12-22/h3-12,14-15,18-19H,2,13,16-17H2,1H3,(H,28,31)(H,29,32). The van der Waals surface area contributed by atoms with Crippen molar-refractivity contribution in [1.82, 2.24) is 4.57 Å². The fourth-order valence-corrected chi connectivity index (χ4v) is 3.84. The van der Waals surface area contributed by atoms with E-state index >= 15 is 0 Å². The predicted molar refractivity (Wildman–Crippen MR) is 130 cm³/mol. The number of anilines is 2. The van der Waals surface area contributed by atoms with Crippen molar-refractivity contribution >= 4 is 34.1 Å². The maximum absolute atomic E-state index is 13.0. The van der Waals surface area contributed by atoms with Gasteiger partial charge in [-0.2, -0.15) is 0 Å². The van der Waals surface area contributed by atoms with Crippen LogP contribution in [0.5, 0.6) is 0 Å². The molecule has 3 aromatic carbocycles. The maximum atomic E-state index is 13.0. The molecule has 32 heavy (non-hydrogen) atoms. The summed E-state index contributed by atoms with van der Waals surface area (Å²) in [6.07, 6.45) is 2.03. The summed E-state index contributed by atoms with van der Waals surface area (Å²) in [5.74, 6) is -0.169. The quantitative estimate of drug-likeness (QED) is 0.371. The molecule has 2 N–H and O–H groups in total. The number of hydrogen-bond donors (Lipinski definition) is 2. The number of aromatic nitrogens is 1. The van der Waals surface area contributed by atoms with Gasteiger partial charge in [0.1, 0.15) is 5.69 Å². The number of fused-ring (bicyclic) bond motifs is 1. The first-order valence-corrected chi connectivity index (χ1v) is 11.0. The van der Waals surface area contributed by atoms with Crippen molar-refractivity contribution in [3.63, 3.8) is 0 Å². The Kier molecular flexibility index (Phi) is 6.66. The first-order chi connectivity index (χ1) is 15.6. The number of nitrogens with one attached hydrogen (secondary N) is 2. The summed E-state index contributed by atoms with van der Waals surface area (Å²) in [5, 5.41) is 6.88. The average Bonchev–Trinajstić information content (AvgIpc) is 3.17. The van der Waals surface area contributed by atoms with Crippen LogP contribution in [0.2, 0.25) is 0 Å². The summed E-state index contributed by atoms with van der Waals surface area (Å²) in [4.78, 5) is 25.4. The summed E-state index contributed by atoms with van der Waals surface area (Å²) >= 11 is 0. The molecule has 0 atom stereocenters. The molecule has 5 heteroatoms. The Morgan fingerprint density at radius 1 is 0.812 bits per heavy atom. The summed E-state index contributed by atoms with van der Waals surface area (Å²) in [7, 11) is 0. The molecule has 0 spiro atoms. The Labute approximate surface area is 188 Å². The third-order valence-electron chi connectivity index (χ3n) is 5.38. The van der Waals surface area contributed by atoms with Crippen molar-refractivity contribution in [3.05, 3.63) is 96.2 Å². The van der Waals surface area contributed by atoms with E-state index in [0.717, 1.165) is 40.8 Å². The molecule has 0 aliphatic heterocycles. The summed E-state index contributed by atoms with van der Waals surface area (Å²) in [5.41, 5.74) is 4.23. The van der Waals surface area contributed by atoms with E-state index < -0.39 is 0 Å². The number of para-hydroxylation sites is 1. The molecule has 2 amide bonds. The maximum Gasteiger partial charge on any atom is 0.272 e. The van der Waals surface area contributed by atoms with Gasteiger partial charge >= 0.3 is 0 Å². The highest BCUT2D eigenvalue weighted by molar-refractivity contribution is 6.07. The van der Waals surface area contributed by atoms with Gasteiger partial charge < -0.3 is 15.2 Å². The summed E-state index contributed by atoms with van der Waals surface area (Å²) < 4.78 is 2.04. The van der Waals surface area contributed by atoms with Crippen LogP contribution >= 0.6 is 0 Å². The molecule has 4 rings (SSSR count). The molecule has 0 radical (unpaired) electrons. The fraction of sp³-hybridized carbons (Fsp3) is 0.185. The van der Waals surface area contributed by atoms with Crippen molar-refractivity contribution in [2.24, 2.45) is 0 Å². The van der Waals surface area contributed by atoms with E-state index in [2.05, 4.69) is 17.6 Å². The lowest BCUT2D eigenvalue weighted by molar-refractivity contribution is -0.116. The van der Waals surface area contributed by atoms with Crippen LogP contribution in [0.4, 0.5) is 11.4 Å². The second-order valence-corrected chi connectivity index (χ2v) is 7.81. The highest BCUT2D eigenvalue weighted by atomic mass is 16.2. The van der Waals surface area contributed by atoms with Crippen molar-refractivity contribution in [1.29, 1.82) is 0 Å². The van der Waals surface area contributed by atoms with Crippen LogP contribution in [-0.2, 0) is 17.8 Å². The van der Waals surface area contributed by atoms with Gasteiger partial charge in [0.2, 0.25) is 5.91 Å². The highest BCUT2D eigenvalue weighted by Crippen LogP contribution is 2.25. The molecule has 0 fully saturated rings. The van der Waals surface area contributed by atoms with Crippen LogP contribution in [0.15, 0.2) is 84.9 Å². The monoisotopic (exact) mass is 425 g/mol. The SMILES string of the molecule is CCCn1c(C(=O)Nc2ccccc2)cc2cc(NC(=O)CCc3ccccc3)ccc21. The number of nitrogens with zero attached hydrogens (tertiary/aromatic N) is 1.